The molecular formula is C23H31NO4. The van der Waals surface area contributed by atoms with Gasteiger partial charge in [0, 0.05) is 11.6 Å². The number of hydrogen-bond donors (Lipinski definition) is 2. The first kappa shape index (κ1) is 20.5. The lowest BCUT2D eigenvalue weighted by atomic mass is 9.81. The molecule has 28 heavy (non-hydrogen) atoms. The highest BCUT2D eigenvalue weighted by molar-refractivity contribution is 5.52. The summed E-state index contributed by atoms with van der Waals surface area (Å²) in [7, 11) is 3.19. The molecule has 1 aliphatic rings. The summed E-state index contributed by atoms with van der Waals surface area (Å²) < 4.78 is 17.0. The summed E-state index contributed by atoms with van der Waals surface area (Å²) >= 11 is 0. The third-order valence-electron chi connectivity index (χ3n) is 5.61. The first-order chi connectivity index (χ1) is 13.6. The molecule has 2 aromatic rings. The fourth-order valence-corrected chi connectivity index (χ4v) is 3.95. The van der Waals surface area contributed by atoms with Crippen LogP contribution in [0, 0.1) is 5.92 Å². The van der Waals surface area contributed by atoms with Gasteiger partial charge in [-0.05, 0) is 30.4 Å². The summed E-state index contributed by atoms with van der Waals surface area (Å²) in [5, 5.41) is 10.9. The van der Waals surface area contributed by atoms with Gasteiger partial charge in [-0.3, -0.25) is 0 Å². The van der Waals surface area contributed by atoms with E-state index < -0.39 is 12.1 Å². The number of nitrogens with two attached hydrogens (primary N) is 1. The molecule has 0 unspecified atom stereocenters. The molecule has 0 bridgehead atoms. The van der Waals surface area contributed by atoms with Crippen LogP contribution in [0.5, 0.6) is 17.2 Å². The van der Waals surface area contributed by atoms with Crippen molar-refractivity contribution < 1.29 is 19.3 Å². The van der Waals surface area contributed by atoms with Crippen molar-refractivity contribution in [3.8, 4) is 17.2 Å². The minimum Gasteiger partial charge on any atom is -0.493 e. The molecule has 1 aliphatic carbocycles. The van der Waals surface area contributed by atoms with Crippen molar-refractivity contribution in [3.63, 3.8) is 0 Å². The van der Waals surface area contributed by atoms with Gasteiger partial charge in [-0.1, -0.05) is 49.6 Å². The monoisotopic (exact) mass is 385 g/mol. The third-order valence-corrected chi connectivity index (χ3v) is 5.61. The zero-order chi connectivity index (χ0) is 19.9. The van der Waals surface area contributed by atoms with Gasteiger partial charge in [0.15, 0.2) is 11.5 Å². The Morgan fingerprint density at radius 3 is 2.25 bits per heavy atom. The Balaban J connectivity index is 1.87. The normalized spacial score (nSPS) is 17.0. The van der Waals surface area contributed by atoms with E-state index in [2.05, 4.69) is 0 Å². The van der Waals surface area contributed by atoms with E-state index in [4.69, 9.17) is 19.9 Å². The van der Waals surface area contributed by atoms with E-state index in [9.17, 15) is 5.11 Å². The molecule has 0 aromatic heterocycles. The smallest absolute Gasteiger partial charge is 0.164 e. The molecule has 152 valence electrons. The fraction of sp³-hybridized carbons (Fsp3) is 0.478. The summed E-state index contributed by atoms with van der Waals surface area (Å²) in [6.45, 7) is 0.412. The minimum atomic E-state index is -0.613. The lowest BCUT2D eigenvalue weighted by molar-refractivity contribution is 0.0607. The second kappa shape index (κ2) is 9.80. The summed E-state index contributed by atoms with van der Waals surface area (Å²) in [6.07, 6.45) is 4.96. The Bertz CT molecular complexity index is 744. The van der Waals surface area contributed by atoms with Crippen LogP contribution in [0.15, 0.2) is 42.5 Å². The zero-order valence-corrected chi connectivity index (χ0v) is 16.8. The molecule has 0 spiro atoms. The maximum absolute atomic E-state index is 10.9. The average molecular weight is 386 g/mol. The highest BCUT2D eigenvalue weighted by Crippen LogP contribution is 2.40. The van der Waals surface area contributed by atoms with Gasteiger partial charge in [-0.15, -0.1) is 0 Å². The predicted octanol–water partition coefficient (Wildman–Crippen LogP) is 4.22. The van der Waals surface area contributed by atoms with Gasteiger partial charge in [-0.2, -0.15) is 0 Å². The highest BCUT2D eigenvalue weighted by Gasteiger charge is 2.30. The van der Waals surface area contributed by atoms with Gasteiger partial charge in [0.1, 0.15) is 12.4 Å². The van der Waals surface area contributed by atoms with E-state index in [1.165, 1.54) is 6.42 Å². The Labute approximate surface area is 167 Å². The van der Waals surface area contributed by atoms with Crippen LogP contribution in [0.4, 0.5) is 0 Å². The largest absolute Gasteiger partial charge is 0.493 e. The maximum atomic E-state index is 10.9. The molecule has 3 N–H and O–H groups in total. The van der Waals surface area contributed by atoms with Crippen molar-refractivity contribution in [2.45, 2.75) is 50.9 Å². The first-order valence-electron chi connectivity index (χ1n) is 10.00. The Morgan fingerprint density at radius 2 is 1.61 bits per heavy atom. The van der Waals surface area contributed by atoms with Gasteiger partial charge >= 0.3 is 0 Å². The van der Waals surface area contributed by atoms with Crippen LogP contribution in [0.3, 0.4) is 0 Å². The highest BCUT2D eigenvalue weighted by atomic mass is 16.5. The summed E-state index contributed by atoms with van der Waals surface area (Å²) in [4.78, 5) is 0. The molecule has 0 heterocycles. The lowest BCUT2D eigenvalue weighted by Gasteiger charge is -2.31. The van der Waals surface area contributed by atoms with Gasteiger partial charge in [0.2, 0.25) is 0 Å². The molecule has 0 radical (unpaired) electrons. The molecule has 1 saturated carbocycles. The number of aliphatic hydroxyl groups is 1. The molecule has 0 aliphatic heterocycles. The van der Waals surface area contributed by atoms with Crippen LogP contribution in [-0.4, -0.2) is 25.4 Å². The van der Waals surface area contributed by atoms with E-state index in [-0.39, 0.29) is 5.92 Å². The number of benzene rings is 2. The Kier molecular flexibility index (Phi) is 7.18. The second-order valence-corrected chi connectivity index (χ2v) is 7.43. The standard InChI is InChI=1S/C23H31NO4/c1-26-20-13-18(22(24)23(25)17-11-7-4-8-12-17)19(14-21(20)27-2)28-15-16-9-5-3-6-10-16/h3,5-6,9-10,13-14,17,22-23,25H,4,7-8,11-12,15,24H2,1-2H3/t22-,23+/m0/s1. The van der Waals surface area contributed by atoms with Crippen molar-refractivity contribution in [3.05, 3.63) is 53.6 Å². The quantitative estimate of drug-likeness (QED) is 0.712. The Morgan fingerprint density at radius 1 is 0.964 bits per heavy atom. The third kappa shape index (κ3) is 4.78. The predicted molar refractivity (Wildman–Crippen MR) is 110 cm³/mol. The van der Waals surface area contributed by atoms with Crippen LogP contribution < -0.4 is 19.9 Å². The Hall–Kier alpha value is -2.24. The second-order valence-electron chi connectivity index (χ2n) is 7.43. The van der Waals surface area contributed by atoms with Crippen molar-refractivity contribution in [1.29, 1.82) is 0 Å². The summed E-state index contributed by atoms with van der Waals surface area (Å²) in [5.74, 6) is 1.99. The lowest BCUT2D eigenvalue weighted by Crippen LogP contribution is -2.34. The number of hydrogen-bond acceptors (Lipinski definition) is 5. The molecule has 1 fully saturated rings. The number of methoxy groups -OCH3 is 2. The topological polar surface area (TPSA) is 73.9 Å². The maximum Gasteiger partial charge on any atom is 0.164 e. The van der Waals surface area contributed by atoms with Crippen molar-refractivity contribution >= 4 is 0 Å². The SMILES string of the molecule is COc1cc(OCc2ccccc2)c([C@H](N)[C@H](O)C2CCCCC2)cc1OC. The number of aliphatic hydroxyl groups excluding tert-OH is 1. The van der Waals surface area contributed by atoms with Gasteiger partial charge in [0.05, 0.1) is 26.4 Å². The van der Waals surface area contributed by atoms with Gasteiger partial charge < -0.3 is 25.1 Å². The molecule has 3 rings (SSSR count). The molecular weight excluding hydrogens is 354 g/mol. The van der Waals surface area contributed by atoms with Crippen molar-refractivity contribution in [2.75, 3.05) is 14.2 Å². The molecule has 5 heteroatoms. The van der Waals surface area contributed by atoms with Crippen LogP contribution in [0.1, 0.15) is 49.3 Å². The number of rotatable bonds is 8. The first-order valence-corrected chi connectivity index (χ1v) is 10.00. The van der Waals surface area contributed by atoms with E-state index in [1.807, 2.05) is 36.4 Å². The summed E-state index contributed by atoms with van der Waals surface area (Å²) in [5.41, 5.74) is 8.33. The van der Waals surface area contributed by atoms with Gasteiger partial charge in [-0.25, -0.2) is 0 Å². The van der Waals surface area contributed by atoms with E-state index in [0.717, 1.165) is 36.8 Å². The van der Waals surface area contributed by atoms with E-state index >= 15 is 0 Å². The van der Waals surface area contributed by atoms with E-state index in [1.54, 1.807) is 20.3 Å². The molecule has 2 atom stereocenters. The molecule has 5 nitrogen and oxygen atoms in total. The van der Waals surface area contributed by atoms with Gasteiger partial charge in [0.25, 0.3) is 0 Å². The summed E-state index contributed by atoms with van der Waals surface area (Å²) in [6, 6.07) is 13.0. The zero-order valence-electron chi connectivity index (χ0n) is 16.8. The number of ether oxygens (including phenoxy) is 3. The molecule has 2 aromatic carbocycles. The van der Waals surface area contributed by atoms with Crippen LogP contribution in [0.2, 0.25) is 0 Å². The minimum absolute atomic E-state index is 0.221. The molecule has 0 amide bonds. The van der Waals surface area contributed by atoms with E-state index in [0.29, 0.717) is 23.9 Å². The average Bonchev–Trinajstić information content (AvgIpc) is 2.77. The van der Waals surface area contributed by atoms with Crippen LogP contribution >= 0.6 is 0 Å². The van der Waals surface area contributed by atoms with Crippen LogP contribution in [0.25, 0.3) is 0 Å². The van der Waals surface area contributed by atoms with Crippen molar-refractivity contribution in [2.24, 2.45) is 11.7 Å². The van der Waals surface area contributed by atoms with Crippen molar-refractivity contribution in [1.82, 2.24) is 0 Å². The van der Waals surface area contributed by atoms with Crippen LogP contribution in [-0.2, 0) is 6.61 Å². The fourth-order valence-electron chi connectivity index (χ4n) is 3.95. The molecule has 0 saturated heterocycles.